The zero-order chi connectivity index (χ0) is 13.2. The quantitative estimate of drug-likeness (QED) is 0.703. The van der Waals surface area contributed by atoms with Gasteiger partial charge in [0, 0.05) is 18.7 Å². The van der Waals surface area contributed by atoms with E-state index in [0.29, 0.717) is 25.7 Å². The fourth-order valence-electron chi connectivity index (χ4n) is 1.83. The molecule has 1 aromatic rings. The summed E-state index contributed by atoms with van der Waals surface area (Å²) in [6, 6.07) is 7.92. The molecular weight excluding hydrogens is 250 g/mol. The Morgan fingerprint density at radius 3 is 2.50 bits per heavy atom. The molecule has 0 saturated carbocycles. The monoisotopic (exact) mass is 271 g/mol. The second-order valence-electron chi connectivity index (χ2n) is 4.23. The van der Waals surface area contributed by atoms with Gasteiger partial charge in [0.1, 0.15) is 0 Å². The van der Waals surface area contributed by atoms with Crippen LogP contribution in [-0.4, -0.2) is 33.5 Å². The number of methoxy groups -OCH3 is 1. The van der Waals surface area contributed by atoms with E-state index >= 15 is 0 Å². The van der Waals surface area contributed by atoms with Crippen LogP contribution in [0.4, 0.5) is 0 Å². The lowest BCUT2D eigenvalue weighted by atomic mass is 9.94. The Labute approximate surface area is 114 Å². The maximum Gasteiger partial charge on any atom is 0.0700 e. The van der Waals surface area contributed by atoms with Gasteiger partial charge in [0.25, 0.3) is 0 Å². The Kier molecular flexibility index (Phi) is 8.01. The summed E-state index contributed by atoms with van der Waals surface area (Å²) in [5.41, 5.74) is 7.06. The van der Waals surface area contributed by atoms with Crippen molar-refractivity contribution in [3.63, 3.8) is 0 Å². The maximum atomic E-state index is 5.87. The summed E-state index contributed by atoms with van der Waals surface area (Å²) >= 11 is 5.87. The van der Waals surface area contributed by atoms with E-state index in [1.54, 1.807) is 7.11 Å². The minimum absolute atomic E-state index is 0.383. The van der Waals surface area contributed by atoms with Gasteiger partial charge in [-0.3, -0.25) is 0 Å². The highest BCUT2D eigenvalue weighted by molar-refractivity contribution is 6.30. The molecule has 0 spiro atoms. The van der Waals surface area contributed by atoms with Crippen molar-refractivity contribution in [3.8, 4) is 0 Å². The molecule has 0 fully saturated rings. The van der Waals surface area contributed by atoms with Crippen molar-refractivity contribution in [3.05, 3.63) is 34.9 Å². The minimum Gasteiger partial charge on any atom is -0.382 e. The van der Waals surface area contributed by atoms with Crippen LogP contribution in [0.3, 0.4) is 0 Å². The van der Waals surface area contributed by atoms with Crippen LogP contribution in [0.5, 0.6) is 0 Å². The third-order valence-corrected chi connectivity index (χ3v) is 3.15. The number of hydrogen-bond acceptors (Lipinski definition) is 3. The van der Waals surface area contributed by atoms with E-state index in [0.717, 1.165) is 24.5 Å². The van der Waals surface area contributed by atoms with E-state index in [2.05, 4.69) is 0 Å². The van der Waals surface area contributed by atoms with Crippen LogP contribution in [0.15, 0.2) is 24.3 Å². The third kappa shape index (κ3) is 5.83. The van der Waals surface area contributed by atoms with Crippen LogP contribution < -0.4 is 5.73 Å². The Morgan fingerprint density at radius 1 is 1.17 bits per heavy atom. The number of ether oxygens (including phenoxy) is 2. The lowest BCUT2D eigenvalue weighted by Crippen LogP contribution is -2.13. The van der Waals surface area contributed by atoms with Gasteiger partial charge < -0.3 is 15.2 Å². The van der Waals surface area contributed by atoms with Crippen molar-refractivity contribution >= 4 is 11.6 Å². The molecule has 0 radical (unpaired) electrons. The van der Waals surface area contributed by atoms with Gasteiger partial charge in [0.15, 0.2) is 0 Å². The van der Waals surface area contributed by atoms with Crippen molar-refractivity contribution in [1.82, 2.24) is 0 Å². The molecule has 2 N–H and O–H groups in total. The van der Waals surface area contributed by atoms with Gasteiger partial charge in [-0.15, -0.1) is 0 Å². The number of hydrogen-bond donors (Lipinski definition) is 1. The number of benzene rings is 1. The molecule has 3 nitrogen and oxygen atoms in total. The van der Waals surface area contributed by atoms with Gasteiger partial charge in [0.2, 0.25) is 0 Å². The molecule has 0 aliphatic heterocycles. The average Bonchev–Trinajstić information content (AvgIpc) is 2.39. The smallest absolute Gasteiger partial charge is 0.0700 e. The standard InChI is InChI=1S/C14H22ClNO2/c1-17-9-10-18-8-2-3-13(11-16)12-4-6-14(15)7-5-12/h4-7,13H,2-3,8-11,16H2,1H3. The number of nitrogens with two attached hydrogens (primary N) is 1. The molecule has 0 aliphatic rings. The Hall–Kier alpha value is -0.610. The van der Waals surface area contributed by atoms with Crippen LogP contribution in [0.2, 0.25) is 5.02 Å². The summed E-state index contributed by atoms with van der Waals surface area (Å²) in [6.45, 7) is 2.72. The molecule has 4 heteroatoms. The van der Waals surface area contributed by atoms with Gasteiger partial charge in [-0.05, 0) is 43.0 Å². The first kappa shape index (κ1) is 15.4. The minimum atomic E-state index is 0.383. The molecule has 0 saturated heterocycles. The Balaban J connectivity index is 2.27. The highest BCUT2D eigenvalue weighted by Gasteiger charge is 2.09. The molecule has 1 unspecified atom stereocenters. The first-order valence-corrected chi connectivity index (χ1v) is 6.68. The molecular formula is C14H22ClNO2. The third-order valence-electron chi connectivity index (χ3n) is 2.90. The predicted molar refractivity (Wildman–Crippen MR) is 75.2 cm³/mol. The Morgan fingerprint density at radius 2 is 1.89 bits per heavy atom. The summed E-state index contributed by atoms with van der Waals surface area (Å²) in [6.07, 6.45) is 2.04. The first-order valence-electron chi connectivity index (χ1n) is 6.30. The summed E-state index contributed by atoms with van der Waals surface area (Å²) in [5, 5.41) is 0.762. The van der Waals surface area contributed by atoms with Gasteiger partial charge in [-0.1, -0.05) is 23.7 Å². The van der Waals surface area contributed by atoms with Crippen molar-refractivity contribution in [2.75, 3.05) is 33.5 Å². The highest BCUT2D eigenvalue weighted by Crippen LogP contribution is 2.21. The summed E-state index contributed by atoms with van der Waals surface area (Å²) in [5.74, 6) is 0.383. The fraction of sp³-hybridized carbons (Fsp3) is 0.571. The van der Waals surface area contributed by atoms with Gasteiger partial charge in [-0.25, -0.2) is 0 Å². The van der Waals surface area contributed by atoms with Crippen molar-refractivity contribution in [1.29, 1.82) is 0 Å². The molecule has 18 heavy (non-hydrogen) atoms. The number of halogens is 1. The summed E-state index contributed by atoms with van der Waals surface area (Å²) < 4.78 is 10.4. The number of rotatable bonds is 9. The van der Waals surface area contributed by atoms with Gasteiger partial charge in [0.05, 0.1) is 13.2 Å². The zero-order valence-corrected chi connectivity index (χ0v) is 11.7. The van der Waals surface area contributed by atoms with Crippen molar-refractivity contribution < 1.29 is 9.47 Å². The molecule has 1 rings (SSSR count). The molecule has 0 aromatic heterocycles. The van der Waals surface area contributed by atoms with Crippen LogP contribution in [-0.2, 0) is 9.47 Å². The fourth-order valence-corrected chi connectivity index (χ4v) is 1.96. The summed E-state index contributed by atoms with van der Waals surface area (Å²) in [7, 11) is 1.67. The topological polar surface area (TPSA) is 44.5 Å². The van der Waals surface area contributed by atoms with Crippen LogP contribution >= 0.6 is 11.6 Å². The molecule has 0 aliphatic carbocycles. The van der Waals surface area contributed by atoms with E-state index in [1.807, 2.05) is 24.3 Å². The first-order chi connectivity index (χ1) is 8.77. The molecule has 0 amide bonds. The van der Waals surface area contributed by atoms with E-state index < -0.39 is 0 Å². The van der Waals surface area contributed by atoms with E-state index in [4.69, 9.17) is 26.8 Å². The van der Waals surface area contributed by atoms with Crippen LogP contribution in [0.25, 0.3) is 0 Å². The van der Waals surface area contributed by atoms with Gasteiger partial charge >= 0.3 is 0 Å². The SMILES string of the molecule is COCCOCCCC(CN)c1ccc(Cl)cc1. The van der Waals surface area contributed by atoms with Crippen LogP contribution in [0.1, 0.15) is 24.3 Å². The van der Waals surface area contributed by atoms with Crippen molar-refractivity contribution in [2.45, 2.75) is 18.8 Å². The molecule has 1 aromatic carbocycles. The second kappa shape index (κ2) is 9.34. The van der Waals surface area contributed by atoms with Crippen LogP contribution in [0, 0.1) is 0 Å². The second-order valence-corrected chi connectivity index (χ2v) is 4.67. The van der Waals surface area contributed by atoms with E-state index in [9.17, 15) is 0 Å². The predicted octanol–water partition coefficient (Wildman–Crippen LogP) is 2.83. The van der Waals surface area contributed by atoms with E-state index in [1.165, 1.54) is 5.56 Å². The largest absolute Gasteiger partial charge is 0.382 e. The van der Waals surface area contributed by atoms with Gasteiger partial charge in [-0.2, -0.15) is 0 Å². The van der Waals surface area contributed by atoms with Crippen molar-refractivity contribution in [2.24, 2.45) is 5.73 Å². The molecule has 0 bridgehead atoms. The summed E-state index contributed by atoms with van der Waals surface area (Å²) in [4.78, 5) is 0. The van der Waals surface area contributed by atoms with E-state index in [-0.39, 0.29) is 0 Å². The average molecular weight is 272 g/mol. The normalized spacial score (nSPS) is 12.6. The Bertz CT molecular complexity index is 316. The zero-order valence-electron chi connectivity index (χ0n) is 10.9. The lowest BCUT2D eigenvalue weighted by molar-refractivity contribution is 0.0682. The lowest BCUT2D eigenvalue weighted by Gasteiger charge is -2.15. The molecule has 1 atom stereocenters. The molecule has 102 valence electrons. The highest BCUT2D eigenvalue weighted by atomic mass is 35.5. The maximum absolute atomic E-state index is 5.87. The molecule has 0 heterocycles.